The van der Waals surface area contributed by atoms with Crippen molar-refractivity contribution >= 4 is 49.6 Å². The summed E-state index contributed by atoms with van der Waals surface area (Å²) in [6, 6.07) is 4.05. The Morgan fingerprint density at radius 3 is 3.09 bits per heavy atom. The Morgan fingerprint density at radius 2 is 2.27 bits per heavy atom. The summed E-state index contributed by atoms with van der Waals surface area (Å²) < 4.78 is 2.26. The van der Waals surface area contributed by atoms with E-state index in [0.29, 0.717) is 0 Å². The van der Waals surface area contributed by atoms with Crippen LogP contribution in [-0.4, -0.2) is 9.97 Å². The zero-order valence-corrected chi connectivity index (χ0v) is 9.18. The van der Waals surface area contributed by atoms with Crippen LogP contribution in [0.4, 0.5) is 0 Å². The van der Waals surface area contributed by atoms with Crippen molar-refractivity contribution in [3.8, 4) is 0 Å². The molecule has 0 saturated heterocycles. The first-order valence-corrected chi connectivity index (χ1v) is 4.92. The molecular formula is C7H4BrIN2. The number of aromatic nitrogens is 2. The molecule has 0 atom stereocenters. The number of hydrogen-bond acceptors (Lipinski definition) is 1. The molecule has 0 aliphatic heterocycles. The lowest BCUT2D eigenvalue weighted by Crippen LogP contribution is -1.75. The Bertz CT molecular complexity index is 396. The molecule has 0 saturated carbocycles. The Hall–Kier alpha value is -0.100. The van der Waals surface area contributed by atoms with Crippen LogP contribution in [-0.2, 0) is 0 Å². The summed E-state index contributed by atoms with van der Waals surface area (Å²) in [5.74, 6) is 0. The molecule has 2 nitrogen and oxygen atoms in total. The third-order valence-corrected chi connectivity index (χ3v) is 2.76. The second-order valence-corrected chi connectivity index (χ2v) is 4.26. The van der Waals surface area contributed by atoms with Gasteiger partial charge in [-0.15, -0.1) is 0 Å². The highest BCUT2D eigenvalue weighted by atomic mass is 127. The highest BCUT2D eigenvalue weighted by molar-refractivity contribution is 14.1. The van der Waals surface area contributed by atoms with Crippen molar-refractivity contribution in [1.29, 1.82) is 0 Å². The van der Waals surface area contributed by atoms with Crippen LogP contribution in [0.2, 0.25) is 0 Å². The summed E-state index contributed by atoms with van der Waals surface area (Å²) in [6.45, 7) is 0. The first-order valence-electron chi connectivity index (χ1n) is 3.05. The molecule has 1 aromatic heterocycles. The SMILES string of the molecule is Brc1cc(I)c2[nH]cnc2c1. The van der Waals surface area contributed by atoms with Gasteiger partial charge in [0.25, 0.3) is 0 Å². The van der Waals surface area contributed by atoms with Crippen LogP contribution in [0, 0.1) is 3.57 Å². The van der Waals surface area contributed by atoms with E-state index in [2.05, 4.69) is 54.6 Å². The molecule has 0 aliphatic rings. The summed E-state index contributed by atoms with van der Waals surface area (Å²) in [6.07, 6.45) is 1.71. The van der Waals surface area contributed by atoms with E-state index in [4.69, 9.17) is 0 Å². The Kier molecular flexibility index (Phi) is 1.88. The van der Waals surface area contributed by atoms with E-state index in [0.717, 1.165) is 15.5 Å². The van der Waals surface area contributed by atoms with Crippen molar-refractivity contribution < 1.29 is 0 Å². The lowest BCUT2D eigenvalue weighted by atomic mass is 10.3. The molecule has 56 valence electrons. The van der Waals surface area contributed by atoms with Gasteiger partial charge in [0.15, 0.2) is 0 Å². The fourth-order valence-corrected chi connectivity index (χ4v) is 2.61. The zero-order valence-electron chi connectivity index (χ0n) is 5.44. The predicted molar refractivity (Wildman–Crippen MR) is 56.5 cm³/mol. The molecule has 0 spiro atoms. The van der Waals surface area contributed by atoms with Gasteiger partial charge in [-0.25, -0.2) is 4.98 Å². The highest BCUT2D eigenvalue weighted by Crippen LogP contribution is 2.22. The van der Waals surface area contributed by atoms with Crippen molar-refractivity contribution in [3.63, 3.8) is 0 Å². The van der Waals surface area contributed by atoms with Gasteiger partial charge in [0.1, 0.15) is 0 Å². The summed E-state index contributed by atoms with van der Waals surface area (Å²) >= 11 is 5.69. The smallest absolute Gasteiger partial charge is 0.0932 e. The van der Waals surface area contributed by atoms with Crippen molar-refractivity contribution in [1.82, 2.24) is 9.97 Å². The molecule has 2 rings (SSSR count). The molecular weight excluding hydrogens is 319 g/mol. The Labute approximate surface area is 85.7 Å². The van der Waals surface area contributed by atoms with Crippen LogP contribution in [0.25, 0.3) is 11.0 Å². The zero-order chi connectivity index (χ0) is 7.84. The van der Waals surface area contributed by atoms with Crippen LogP contribution in [0.15, 0.2) is 22.9 Å². The van der Waals surface area contributed by atoms with Gasteiger partial charge in [-0.3, -0.25) is 0 Å². The number of H-pyrrole nitrogens is 1. The van der Waals surface area contributed by atoms with Crippen molar-refractivity contribution in [2.24, 2.45) is 0 Å². The Balaban J connectivity index is 2.91. The molecule has 0 bridgehead atoms. The monoisotopic (exact) mass is 322 g/mol. The molecule has 0 unspecified atom stereocenters. The number of hydrogen-bond donors (Lipinski definition) is 1. The molecule has 4 heteroatoms. The minimum absolute atomic E-state index is 1.00. The predicted octanol–water partition coefficient (Wildman–Crippen LogP) is 2.93. The van der Waals surface area contributed by atoms with Crippen LogP contribution >= 0.6 is 38.5 Å². The maximum atomic E-state index is 4.15. The number of rotatable bonds is 0. The number of nitrogens with one attached hydrogen (secondary N) is 1. The van der Waals surface area contributed by atoms with Gasteiger partial charge in [-0.2, -0.15) is 0 Å². The van der Waals surface area contributed by atoms with Gasteiger partial charge in [0.05, 0.1) is 17.4 Å². The average Bonchev–Trinajstić information content (AvgIpc) is 2.34. The van der Waals surface area contributed by atoms with E-state index < -0.39 is 0 Å². The van der Waals surface area contributed by atoms with Gasteiger partial charge in [0, 0.05) is 8.04 Å². The number of benzene rings is 1. The maximum Gasteiger partial charge on any atom is 0.0932 e. The standard InChI is InChI=1S/C7H4BrIN2/c8-4-1-5(9)7-6(2-4)10-3-11-7/h1-3H,(H,10,11). The molecule has 0 aliphatic carbocycles. The third-order valence-electron chi connectivity index (χ3n) is 1.45. The Morgan fingerprint density at radius 1 is 1.45 bits per heavy atom. The molecule has 0 amide bonds. The number of halogens is 2. The quantitative estimate of drug-likeness (QED) is 0.742. The molecule has 1 aromatic carbocycles. The minimum atomic E-state index is 1.00. The largest absolute Gasteiger partial charge is 0.344 e. The number of imidazole rings is 1. The van der Waals surface area contributed by atoms with Gasteiger partial charge >= 0.3 is 0 Å². The van der Waals surface area contributed by atoms with Gasteiger partial charge < -0.3 is 4.98 Å². The second kappa shape index (κ2) is 2.75. The van der Waals surface area contributed by atoms with Gasteiger partial charge in [-0.05, 0) is 34.7 Å². The van der Waals surface area contributed by atoms with E-state index in [1.54, 1.807) is 6.33 Å². The number of nitrogens with zero attached hydrogens (tertiary/aromatic N) is 1. The van der Waals surface area contributed by atoms with E-state index in [-0.39, 0.29) is 0 Å². The average molecular weight is 323 g/mol. The fraction of sp³-hybridized carbons (Fsp3) is 0. The third kappa shape index (κ3) is 1.29. The van der Waals surface area contributed by atoms with Gasteiger partial charge in [-0.1, -0.05) is 15.9 Å². The summed E-state index contributed by atoms with van der Waals surface area (Å²) in [5.41, 5.74) is 2.11. The van der Waals surface area contributed by atoms with E-state index in [1.807, 2.05) is 6.07 Å². The summed E-state index contributed by atoms with van der Waals surface area (Å²) in [4.78, 5) is 7.23. The molecule has 0 fully saturated rings. The molecule has 1 N–H and O–H groups in total. The molecule has 0 radical (unpaired) electrons. The molecule has 1 heterocycles. The number of fused-ring (bicyclic) bond motifs is 1. The van der Waals surface area contributed by atoms with Crippen LogP contribution in [0.3, 0.4) is 0 Å². The molecule has 11 heavy (non-hydrogen) atoms. The first kappa shape index (κ1) is 7.54. The minimum Gasteiger partial charge on any atom is -0.344 e. The lowest BCUT2D eigenvalue weighted by molar-refractivity contribution is 1.34. The van der Waals surface area contributed by atoms with Crippen LogP contribution in [0.1, 0.15) is 0 Å². The van der Waals surface area contributed by atoms with Gasteiger partial charge in [0.2, 0.25) is 0 Å². The van der Waals surface area contributed by atoms with Crippen LogP contribution < -0.4 is 0 Å². The highest BCUT2D eigenvalue weighted by Gasteiger charge is 2.00. The number of aromatic amines is 1. The topological polar surface area (TPSA) is 28.7 Å². The summed E-state index contributed by atoms with van der Waals surface area (Å²) in [7, 11) is 0. The van der Waals surface area contributed by atoms with Crippen molar-refractivity contribution in [3.05, 3.63) is 26.5 Å². The maximum absolute atomic E-state index is 4.15. The first-order chi connectivity index (χ1) is 5.27. The molecule has 2 aromatic rings. The van der Waals surface area contributed by atoms with E-state index in [9.17, 15) is 0 Å². The van der Waals surface area contributed by atoms with Crippen molar-refractivity contribution in [2.45, 2.75) is 0 Å². The normalized spacial score (nSPS) is 10.7. The van der Waals surface area contributed by atoms with Crippen LogP contribution in [0.5, 0.6) is 0 Å². The second-order valence-electron chi connectivity index (χ2n) is 2.18. The van der Waals surface area contributed by atoms with E-state index in [1.165, 1.54) is 3.57 Å². The van der Waals surface area contributed by atoms with Crippen molar-refractivity contribution in [2.75, 3.05) is 0 Å². The fourth-order valence-electron chi connectivity index (χ4n) is 0.971. The van der Waals surface area contributed by atoms with E-state index >= 15 is 0 Å². The lowest BCUT2D eigenvalue weighted by Gasteiger charge is -1.93. The summed E-state index contributed by atoms with van der Waals surface area (Å²) in [5, 5.41) is 0.